The largest absolute Gasteiger partial charge is 0.310 e. The summed E-state index contributed by atoms with van der Waals surface area (Å²) in [7, 11) is 0. The minimum absolute atomic E-state index is 0.111. The maximum absolute atomic E-state index is 10.4. The van der Waals surface area contributed by atoms with E-state index in [-0.39, 0.29) is 46.7 Å². The van der Waals surface area contributed by atoms with Gasteiger partial charge in [-0.2, -0.15) is 0 Å². The lowest BCUT2D eigenvalue weighted by molar-refractivity contribution is 0.768. The van der Waals surface area contributed by atoms with E-state index in [1.54, 1.807) is 6.07 Å². The predicted octanol–water partition coefficient (Wildman–Crippen LogP) is 16.7. The van der Waals surface area contributed by atoms with Crippen LogP contribution in [-0.2, 0) is 10.8 Å². The van der Waals surface area contributed by atoms with Crippen molar-refractivity contribution in [1.29, 1.82) is 0 Å². The third-order valence-electron chi connectivity index (χ3n) is 14.0. The molecule has 0 heterocycles. The monoisotopic (exact) mass is 859 g/mol. The molecule has 2 aliphatic carbocycles. The molecule has 2 aliphatic rings. The van der Waals surface area contributed by atoms with Gasteiger partial charge in [-0.3, -0.25) is 0 Å². The molecule has 0 unspecified atom stereocenters. The number of hydrogen-bond acceptors (Lipinski definition) is 1. The molecule has 0 bridgehead atoms. The molecule has 1 nitrogen and oxygen atoms in total. The summed E-state index contributed by atoms with van der Waals surface area (Å²) in [6.45, 7) is 0. The molecule has 0 saturated heterocycles. The Kier molecular flexibility index (Phi) is 7.30. The quantitative estimate of drug-likeness (QED) is 0.147. The average Bonchev–Trinajstić information content (AvgIpc) is 4.16. The molecular weight excluding hydrogens is 807 g/mol. The summed E-state index contributed by atoms with van der Waals surface area (Å²) in [5.41, 5.74) is 8.64. The minimum atomic E-state index is -1.29. The van der Waals surface area contributed by atoms with Gasteiger partial charge >= 0.3 is 0 Å². The molecule has 13 rings (SSSR count). The molecule has 0 fully saturated rings. The van der Waals surface area contributed by atoms with E-state index in [2.05, 4.69) is 36.4 Å². The molecule has 11 aromatic carbocycles. The second kappa shape index (κ2) is 15.6. The molecule has 0 aliphatic heterocycles. The number of fused-ring (bicyclic) bond motifs is 7. The Hall–Kier alpha value is -8.52. The molecule has 0 saturated carbocycles. The average molecular weight is 860 g/mol. The number of hydrogen-bond donors (Lipinski definition) is 0. The van der Waals surface area contributed by atoms with Crippen LogP contribution in [0.4, 0.5) is 17.1 Å². The summed E-state index contributed by atoms with van der Waals surface area (Å²) < 4.78 is 81.1. The Morgan fingerprint density at radius 2 is 0.687 bits per heavy atom. The van der Waals surface area contributed by atoms with Crippen molar-refractivity contribution in [1.82, 2.24) is 0 Å². The van der Waals surface area contributed by atoms with E-state index in [0.717, 1.165) is 72.0 Å². The van der Waals surface area contributed by atoms with Crippen molar-refractivity contribution in [3.8, 4) is 33.4 Å². The van der Waals surface area contributed by atoms with Gasteiger partial charge in [-0.05, 0) is 125 Å². The maximum Gasteiger partial charge on any atom is 0.0714 e. The van der Waals surface area contributed by atoms with Gasteiger partial charge in [0, 0.05) is 17.1 Å². The van der Waals surface area contributed by atoms with E-state index >= 15 is 0 Å². The van der Waals surface area contributed by atoms with Crippen LogP contribution in [0.25, 0.3) is 44.2 Å². The number of benzene rings is 11. The lowest BCUT2D eigenvalue weighted by Gasteiger charge is -2.35. The first-order valence-electron chi connectivity index (χ1n) is 26.7. The van der Waals surface area contributed by atoms with Gasteiger partial charge in [0.05, 0.1) is 21.8 Å². The van der Waals surface area contributed by atoms with Gasteiger partial charge in [0.2, 0.25) is 0 Å². The van der Waals surface area contributed by atoms with Gasteiger partial charge in [-0.15, -0.1) is 0 Å². The lowest BCUT2D eigenvalue weighted by Crippen LogP contribution is -2.29. The zero-order valence-electron chi connectivity index (χ0n) is 44.3. The van der Waals surface area contributed by atoms with Crippen molar-refractivity contribution in [3.05, 3.63) is 317 Å². The first-order valence-corrected chi connectivity index (χ1v) is 22.7. The number of nitrogens with zero attached hydrogens (tertiary/aromatic N) is 1. The van der Waals surface area contributed by atoms with Crippen molar-refractivity contribution in [2.75, 3.05) is 4.90 Å². The van der Waals surface area contributed by atoms with Crippen LogP contribution in [-0.4, -0.2) is 0 Å². The number of rotatable bonds is 8. The van der Waals surface area contributed by atoms with Crippen LogP contribution in [0.15, 0.2) is 273 Å². The van der Waals surface area contributed by atoms with Crippen LogP contribution in [0.1, 0.15) is 55.5 Å². The molecule has 0 radical (unpaired) electrons. The van der Waals surface area contributed by atoms with Gasteiger partial charge in [-0.1, -0.05) is 236 Å². The highest BCUT2D eigenvalue weighted by molar-refractivity contribution is 5.97. The molecule has 0 atom stereocenters. The van der Waals surface area contributed by atoms with Crippen molar-refractivity contribution in [2.45, 2.75) is 10.8 Å². The lowest BCUT2D eigenvalue weighted by atomic mass is 9.67. The molecular formula is C66H45N. The second-order valence-corrected chi connectivity index (χ2v) is 17.3. The molecule has 67 heavy (non-hydrogen) atoms. The fourth-order valence-electron chi connectivity index (χ4n) is 11.2. The minimum Gasteiger partial charge on any atom is -0.310 e. The second-order valence-electron chi connectivity index (χ2n) is 17.3. The first kappa shape index (κ1) is 31.4. The van der Waals surface area contributed by atoms with Crippen LogP contribution in [0.3, 0.4) is 0 Å². The zero-order chi connectivity index (χ0) is 51.3. The normalized spacial score (nSPS) is 15.3. The van der Waals surface area contributed by atoms with Gasteiger partial charge in [-0.25, -0.2) is 0 Å². The van der Waals surface area contributed by atoms with Crippen molar-refractivity contribution in [3.63, 3.8) is 0 Å². The Labute approximate surface area is 403 Å². The van der Waals surface area contributed by atoms with E-state index < -0.39 is 35.0 Å². The Balaban J connectivity index is 1.14. The third kappa shape index (κ3) is 5.81. The van der Waals surface area contributed by atoms with Gasteiger partial charge in [0.1, 0.15) is 0 Å². The summed E-state index contributed by atoms with van der Waals surface area (Å²) in [5, 5.41) is 1.64. The predicted molar refractivity (Wildman–Crippen MR) is 279 cm³/mol. The van der Waals surface area contributed by atoms with Crippen molar-refractivity contribution >= 4 is 27.8 Å². The molecule has 0 amide bonds. The fourth-order valence-corrected chi connectivity index (χ4v) is 11.2. The molecule has 314 valence electrons. The summed E-state index contributed by atoms with van der Waals surface area (Å²) in [6, 6.07) is 70.6. The summed E-state index contributed by atoms with van der Waals surface area (Å²) in [6.07, 6.45) is 0. The van der Waals surface area contributed by atoms with Gasteiger partial charge in [0.15, 0.2) is 0 Å². The van der Waals surface area contributed by atoms with Crippen LogP contribution < -0.4 is 4.90 Å². The zero-order valence-corrected chi connectivity index (χ0v) is 36.3. The standard InChI is InChI=1S/C66H45N/c1-4-21-48(22-5-1)65(61-32-15-12-28-57(61)58-29-13-16-33-62(58)65)51-37-41-53(42-38-51)67(52-39-35-47(36-40-52)56-31-18-20-46-19-10-11-27-55(46)56)54-43-44-60-59-30-14-17-34-63(59)66(64(60)45-54,49-23-6-2-7-24-49)50-25-8-3-9-26-50/h1-45H/i35D,36D,37D,38D,39D,40D,41D,42D. The molecule has 0 N–H and O–H groups in total. The van der Waals surface area contributed by atoms with Crippen LogP contribution in [0.2, 0.25) is 0 Å². The highest BCUT2D eigenvalue weighted by Gasteiger charge is 2.47. The van der Waals surface area contributed by atoms with E-state index in [9.17, 15) is 11.0 Å². The van der Waals surface area contributed by atoms with Crippen molar-refractivity contribution in [2.24, 2.45) is 0 Å². The topological polar surface area (TPSA) is 3.24 Å². The van der Waals surface area contributed by atoms with Crippen LogP contribution >= 0.6 is 0 Å². The van der Waals surface area contributed by atoms with E-state index in [0.29, 0.717) is 11.3 Å². The summed E-state index contributed by atoms with van der Waals surface area (Å²) >= 11 is 0. The maximum atomic E-state index is 10.4. The van der Waals surface area contributed by atoms with E-state index in [1.165, 1.54) is 4.90 Å². The van der Waals surface area contributed by atoms with E-state index in [4.69, 9.17) is 0 Å². The molecule has 1 heteroatoms. The SMILES string of the molecule is [2H]c1c([2H])c(N(c2ccc3c(c2)C(c2ccccc2)(c2ccccc2)c2ccccc2-3)c2c([2H])c([2H])c(C3(c4ccccc4)c4ccccc4-c4ccccc43)c([2H])c2[2H])c([2H])c([2H])c1-c1cccc2ccccc12. The highest BCUT2D eigenvalue weighted by atomic mass is 15.1. The molecule has 0 spiro atoms. The Morgan fingerprint density at radius 3 is 1.22 bits per heavy atom. The number of anilines is 3. The molecule has 11 aromatic rings. The Morgan fingerprint density at radius 1 is 0.284 bits per heavy atom. The molecule has 0 aromatic heterocycles. The Bertz CT molecular complexity index is 3970. The summed E-state index contributed by atoms with van der Waals surface area (Å²) in [4.78, 5) is 1.45. The fraction of sp³-hybridized carbons (Fsp3) is 0.0303. The third-order valence-corrected chi connectivity index (χ3v) is 14.0. The van der Waals surface area contributed by atoms with Gasteiger partial charge < -0.3 is 4.90 Å². The van der Waals surface area contributed by atoms with E-state index in [1.807, 2.05) is 182 Å². The van der Waals surface area contributed by atoms with Crippen LogP contribution in [0.5, 0.6) is 0 Å². The van der Waals surface area contributed by atoms with Gasteiger partial charge in [0.25, 0.3) is 0 Å². The first-order chi connectivity index (χ1) is 36.6. The highest BCUT2D eigenvalue weighted by Crippen LogP contribution is 2.59. The van der Waals surface area contributed by atoms with Crippen molar-refractivity contribution < 1.29 is 11.0 Å². The van der Waals surface area contributed by atoms with Crippen LogP contribution in [0, 0.1) is 0 Å². The summed E-state index contributed by atoms with van der Waals surface area (Å²) in [5.74, 6) is 0. The smallest absolute Gasteiger partial charge is 0.0714 e.